The van der Waals surface area contributed by atoms with Gasteiger partial charge in [0, 0.05) is 11.3 Å². The first-order valence-corrected chi connectivity index (χ1v) is 6.96. The van der Waals surface area contributed by atoms with Crippen LogP contribution in [0, 0.1) is 0 Å². The molecule has 1 fully saturated rings. The molecule has 14 heavy (non-hydrogen) atoms. The summed E-state index contributed by atoms with van der Waals surface area (Å²) >= 11 is 3.53. The monoisotopic (exact) mass is 226 g/mol. The SMILES string of the molecule is O=C(Cc1cccs1)C1CCCCS1. The molecule has 0 bridgehead atoms. The Kier molecular flexibility index (Phi) is 3.65. The Morgan fingerprint density at radius 1 is 1.50 bits per heavy atom. The molecule has 1 unspecified atom stereocenters. The van der Waals surface area contributed by atoms with Crippen LogP contribution in [0.1, 0.15) is 24.1 Å². The van der Waals surface area contributed by atoms with Gasteiger partial charge in [0.25, 0.3) is 0 Å². The topological polar surface area (TPSA) is 17.1 Å². The number of carbonyl (C=O) groups is 1. The molecule has 0 saturated carbocycles. The van der Waals surface area contributed by atoms with Crippen molar-refractivity contribution in [2.24, 2.45) is 0 Å². The number of hydrogen-bond donors (Lipinski definition) is 0. The molecule has 2 heterocycles. The van der Waals surface area contributed by atoms with Gasteiger partial charge in [0.1, 0.15) is 0 Å². The second-order valence-corrected chi connectivity index (χ2v) is 5.92. The summed E-state index contributed by atoms with van der Waals surface area (Å²) in [5, 5.41) is 2.32. The fourth-order valence-electron chi connectivity index (χ4n) is 1.69. The quantitative estimate of drug-likeness (QED) is 0.787. The Labute approximate surface area is 92.9 Å². The molecule has 1 atom stereocenters. The number of thiophene rings is 1. The van der Waals surface area contributed by atoms with Crippen LogP contribution in [0.2, 0.25) is 0 Å². The second kappa shape index (κ2) is 4.99. The summed E-state index contributed by atoms with van der Waals surface area (Å²) in [5.41, 5.74) is 0. The predicted octanol–water partition coefficient (Wildman–Crippen LogP) is 3.15. The lowest BCUT2D eigenvalue weighted by Gasteiger charge is -2.19. The van der Waals surface area contributed by atoms with Gasteiger partial charge >= 0.3 is 0 Å². The van der Waals surface area contributed by atoms with Crippen molar-refractivity contribution in [3.8, 4) is 0 Å². The summed E-state index contributed by atoms with van der Waals surface area (Å²) in [6.07, 6.45) is 4.26. The van der Waals surface area contributed by atoms with Gasteiger partial charge in [-0.05, 0) is 30.0 Å². The van der Waals surface area contributed by atoms with E-state index < -0.39 is 0 Å². The molecule has 0 N–H and O–H groups in total. The van der Waals surface area contributed by atoms with E-state index in [1.54, 1.807) is 11.3 Å². The van der Waals surface area contributed by atoms with Crippen molar-refractivity contribution in [1.29, 1.82) is 0 Å². The first-order chi connectivity index (χ1) is 6.86. The molecule has 1 aromatic heterocycles. The van der Waals surface area contributed by atoms with E-state index in [-0.39, 0.29) is 5.25 Å². The highest BCUT2D eigenvalue weighted by atomic mass is 32.2. The Hall–Kier alpha value is -0.280. The fraction of sp³-hybridized carbons (Fsp3) is 0.545. The van der Waals surface area contributed by atoms with Crippen molar-refractivity contribution in [3.05, 3.63) is 22.4 Å². The first kappa shape index (κ1) is 10.2. The number of ketones is 1. The molecule has 0 aliphatic carbocycles. The highest BCUT2D eigenvalue weighted by Gasteiger charge is 2.21. The van der Waals surface area contributed by atoms with Crippen LogP contribution in [0.3, 0.4) is 0 Å². The van der Waals surface area contributed by atoms with E-state index in [0.29, 0.717) is 12.2 Å². The first-order valence-electron chi connectivity index (χ1n) is 5.03. The summed E-state index contributed by atoms with van der Waals surface area (Å²) < 4.78 is 0. The maximum atomic E-state index is 11.9. The third-order valence-corrected chi connectivity index (χ3v) is 4.77. The highest BCUT2D eigenvalue weighted by Crippen LogP contribution is 2.27. The Morgan fingerprint density at radius 3 is 3.07 bits per heavy atom. The van der Waals surface area contributed by atoms with Gasteiger partial charge in [0.05, 0.1) is 5.25 Å². The number of rotatable bonds is 3. The average Bonchev–Trinajstić information content (AvgIpc) is 2.72. The average molecular weight is 226 g/mol. The zero-order chi connectivity index (χ0) is 9.80. The van der Waals surface area contributed by atoms with Gasteiger partial charge in [0.15, 0.2) is 5.78 Å². The normalized spacial score (nSPS) is 22.1. The van der Waals surface area contributed by atoms with E-state index in [4.69, 9.17) is 0 Å². The largest absolute Gasteiger partial charge is 0.298 e. The minimum atomic E-state index is 0.283. The van der Waals surface area contributed by atoms with Crippen molar-refractivity contribution >= 4 is 28.9 Å². The van der Waals surface area contributed by atoms with Gasteiger partial charge in [-0.25, -0.2) is 0 Å². The number of thioether (sulfide) groups is 1. The van der Waals surface area contributed by atoms with Crippen LogP contribution >= 0.6 is 23.1 Å². The van der Waals surface area contributed by atoms with Gasteiger partial charge in [-0.15, -0.1) is 11.3 Å². The molecule has 1 aliphatic heterocycles. The highest BCUT2D eigenvalue weighted by molar-refractivity contribution is 8.00. The van der Waals surface area contributed by atoms with Gasteiger partial charge in [-0.1, -0.05) is 12.5 Å². The molecule has 2 rings (SSSR count). The zero-order valence-corrected chi connectivity index (χ0v) is 9.70. The minimum absolute atomic E-state index is 0.283. The number of Topliss-reactive ketones (excluding diaryl/α,β-unsaturated/α-hetero) is 1. The molecule has 3 heteroatoms. The maximum Gasteiger partial charge on any atom is 0.150 e. The standard InChI is InChI=1S/C11H14OS2/c12-10(8-9-4-3-7-13-9)11-5-1-2-6-14-11/h3-4,7,11H,1-2,5-6,8H2. The van der Waals surface area contributed by atoms with Crippen LogP contribution in [0.15, 0.2) is 17.5 Å². The molecule has 1 aliphatic rings. The third kappa shape index (κ3) is 2.61. The van der Waals surface area contributed by atoms with Crippen molar-refractivity contribution in [1.82, 2.24) is 0 Å². The van der Waals surface area contributed by atoms with Crippen molar-refractivity contribution in [2.45, 2.75) is 30.9 Å². The summed E-state index contributed by atoms with van der Waals surface area (Å²) in [5.74, 6) is 1.60. The fourth-order valence-corrected chi connectivity index (χ4v) is 3.67. The Bertz CT molecular complexity index is 286. The number of carbonyl (C=O) groups excluding carboxylic acids is 1. The van der Waals surface area contributed by atoms with E-state index in [0.717, 1.165) is 6.42 Å². The van der Waals surface area contributed by atoms with Crippen LogP contribution in [-0.2, 0) is 11.2 Å². The maximum absolute atomic E-state index is 11.9. The molecular formula is C11H14OS2. The van der Waals surface area contributed by atoms with Crippen molar-refractivity contribution in [3.63, 3.8) is 0 Å². The summed E-state index contributed by atoms with van der Waals surface area (Å²) in [6, 6.07) is 4.07. The third-order valence-electron chi connectivity index (χ3n) is 2.47. The predicted molar refractivity (Wildman–Crippen MR) is 63.1 cm³/mol. The molecule has 0 amide bonds. The van der Waals surface area contributed by atoms with E-state index in [9.17, 15) is 4.79 Å². The summed E-state index contributed by atoms with van der Waals surface area (Å²) in [6.45, 7) is 0. The van der Waals surface area contributed by atoms with E-state index in [1.165, 1.54) is 23.5 Å². The summed E-state index contributed by atoms with van der Waals surface area (Å²) in [7, 11) is 0. The Morgan fingerprint density at radius 2 is 2.43 bits per heavy atom. The van der Waals surface area contributed by atoms with E-state index in [1.807, 2.05) is 23.2 Å². The molecule has 0 radical (unpaired) electrons. The van der Waals surface area contributed by atoms with Gasteiger partial charge in [-0.2, -0.15) is 11.8 Å². The molecule has 76 valence electrons. The van der Waals surface area contributed by atoms with Crippen LogP contribution < -0.4 is 0 Å². The molecule has 0 spiro atoms. The molecule has 1 saturated heterocycles. The van der Waals surface area contributed by atoms with E-state index in [2.05, 4.69) is 6.07 Å². The molecule has 1 nitrogen and oxygen atoms in total. The van der Waals surface area contributed by atoms with Gasteiger partial charge in [0.2, 0.25) is 0 Å². The molecule has 1 aromatic rings. The van der Waals surface area contributed by atoms with E-state index >= 15 is 0 Å². The van der Waals surface area contributed by atoms with Gasteiger partial charge < -0.3 is 0 Å². The lowest BCUT2D eigenvalue weighted by Crippen LogP contribution is -2.22. The molecule has 0 aromatic carbocycles. The second-order valence-electron chi connectivity index (χ2n) is 3.58. The van der Waals surface area contributed by atoms with Crippen molar-refractivity contribution in [2.75, 3.05) is 5.75 Å². The smallest absolute Gasteiger partial charge is 0.150 e. The zero-order valence-electron chi connectivity index (χ0n) is 8.07. The lowest BCUT2D eigenvalue weighted by molar-refractivity contribution is -0.118. The number of hydrogen-bond acceptors (Lipinski definition) is 3. The van der Waals surface area contributed by atoms with Crippen LogP contribution in [0.5, 0.6) is 0 Å². The van der Waals surface area contributed by atoms with Crippen molar-refractivity contribution < 1.29 is 4.79 Å². The lowest BCUT2D eigenvalue weighted by atomic mass is 10.1. The minimum Gasteiger partial charge on any atom is -0.298 e. The van der Waals surface area contributed by atoms with Crippen LogP contribution in [-0.4, -0.2) is 16.8 Å². The molecular weight excluding hydrogens is 212 g/mol. The summed E-state index contributed by atoms with van der Waals surface area (Å²) in [4.78, 5) is 13.1. The van der Waals surface area contributed by atoms with Gasteiger partial charge in [-0.3, -0.25) is 4.79 Å². The Balaban J connectivity index is 1.88. The van der Waals surface area contributed by atoms with Crippen LogP contribution in [0.25, 0.3) is 0 Å². The van der Waals surface area contributed by atoms with Crippen LogP contribution in [0.4, 0.5) is 0 Å².